The van der Waals surface area contributed by atoms with Gasteiger partial charge in [-0.1, -0.05) is 18.2 Å². The predicted octanol–water partition coefficient (Wildman–Crippen LogP) is 2.00. The lowest BCUT2D eigenvalue weighted by Crippen LogP contribution is -2.36. The standard InChI is InChI=1S/C19H24N2O4/c1-4-14(2)18(23)20-9-8-17(22)21(11-10-20)13-15-6-5-7-16(12-15)19(24)25-3/h4-7,12H,8-11,13H2,1-3H3. The van der Waals surface area contributed by atoms with Crippen molar-refractivity contribution in [2.75, 3.05) is 26.7 Å². The molecule has 0 bridgehead atoms. The number of nitrogens with zero attached hydrogens (tertiary/aromatic N) is 2. The van der Waals surface area contributed by atoms with Crippen LogP contribution in [-0.4, -0.2) is 54.3 Å². The lowest BCUT2D eigenvalue weighted by molar-refractivity contribution is -0.130. The number of carbonyl (C=O) groups is 3. The fraction of sp³-hybridized carbons (Fsp3) is 0.421. The molecule has 0 radical (unpaired) electrons. The number of carbonyl (C=O) groups excluding carboxylic acids is 3. The van der Waals surface area contributed by atoms with Crippen molar-refractivity contribution < 1.29 is 19.1 Å². The van der Waals surface area contributed by atoms with Crippen molar-refractivity contribution in [1.29, 1.82) is 0 Å². The van der Waals surface area contributed by atoms with Crippen molar-refractivity contribution in [3.05, 3.63) is 47.0 Å². The molecule has 2 rings (SSSR count). The van der Waals surface area contributed by atoms with Gasteiger partial charge in [-0.15, -0.1) is 0 Å². The molecule has 1 aliphatic heterocycles. The van der Waals surface area contributed by atoms with Gasteiger partial charge in [-0.3, -0.25) is 9.59 Å². The summed E-state index contributed by atoms with van der Waals surface area (Å²) >= 11 is 0. The number of allylic oxidation sites excluding steroid dienone is 1. The molecule has 0 spiro atoms. The maximum atomic E-state index is 12.4. The SMILES string of the molecule is CC=C(C)C(=O)N1CCC(=O)N(Cc2cccc(C(=O)OC)c2)CC1. The van der Waals surface area contributed by atoms with Gasteiger partial charge in [0.1, 0.15) is 0 Å². The van der Waals surface area contributed by atoms with Crippen molar-refractivity contribution in [2.45, 2.75) is 26.8 Å². The normalized spacial score (nSPS) is 15.8. The zero-order valence-electron chi connectivity index (χ0n) is 14.9. The first kappa shape index (κ1) is 18.7. The summed E-state index contributed by atoms with van der Waals surface area (Å²) in [6.07, 6.45) is 2.09. The Morgan fingerprint density at radius 1 is 1.24 bits per heavy atom. The van der Waals surface area contributed by atoms with Crippen LogP contribution in [0.25, 0.3) is 0 Å². The summed E-state index contributed by atoms with van der Waals surface area (Å²) < 4.78 is 4.73. The Kier molecular flexibility index (Phi) is 6.33. The van der Waals surface area contributed by atoms with Crippen molar-refractivity contribution in [2.24, 2.45) is 0 Å². The van der Waals surface area contributed by atoms with Gasteiger partial charge >= 0.3 is 5.97 Å². The quantitative estimate of drug-likeness (QED) is 0.619. The lowest BCUT2D eigenvalue weighted by Gasteiger charge is -2.22. The second kappa shape index (κ2) is 8.46. The number of ether oxygens (including phenoxy) is 1. The average molecular weight is 344 g/mol. The molecule has 134 valence electrons. The van der Waals surface area contributed by atoms with E-state index in [1.807, 2.05) is 13.0 Å². The van der Waals surface area contributed by atoms with Crippen molar-refractivity contribution in [3.63, 3.8) is 0 Å². The molecule has 1 saturated heterocycles. The average Bonchev–Trinajstić information content (AvgIpc) is 2.82. The Morgan fingerprint density at radius 3 is 2.68 bits per heavy atom. The summed E-state index contributed by atoms with van der Waals surface area (Å²) in [5.74, 6) is -0.413. The molecule has 1 fully saturated rings. The van der Waals surface area contributed by atoms with Crippen LogP contribution in [0, 0.1) is 0 Å². The highest BCUT2D eigenvalue weighted by molar-refractivity contribution is 5.93. The van der Waals surface area contributed by atoms with Crippen LogP contribution in [0.1, 0.15) is 36.2 Å². The van der Waals surface area contributed by atoms with Crippen LogP contribution >= 0.6 is 0 Å². The molecule has 1 aromatic carbocycles. The van der Waals surface area contributed by atoms with E-state index < -0.39 is 5.97 Å². The first-order chi connectivity index (χ1) is 12.0. The smallest absolute Gasteiger partial charge is 0.337 e. The zero-order valence-corrected chi connectivity index (χ0v) is 14.9. The Bertz CT molecular complexity index is 696. The van der Waals surface area contributed by atoms with Crippen LogP contribution in [0.5, 0.6) is 0 Å². The van der Waals surface area contributed by atoms with Crippen LogP contribution in [-0.2, 0) is 20.9 Å². The zero-order chi connectivity index (χ0) is 18.4. The van der Waals surface area contributed by atoms with Crippen LogP contribution in [0.15, 0.2) is 35.9 Å². The summed E-state index contributed by atoms with van der Waals surface area (Å²) in [5.41, 5.74) is 2.01. The molecule has 0 aliphatic carbocycles. The molecule has 6 heteroatoms. The van der Waals surface area contributed by atoms with E-state index >= 15 is 0 Å². The Hall–Kier alpha value is -2.63. The molecule has 1 heterocycles. The van der Waals surface area contributed by atoms with Gasteiger partial charge in [0.15, 0.2) is 0 Å². The lowest BCUT2D eigenvalue weighted by atomic mass is 10.1. The molecule has 1 aromatic rings. The number of hydrogen-bond acceptors (Lipinski definition) is 4. The summed E-state index contributed by atoms with van der Waals surface area (Å²) in [5, 5.41) is 0. The fourth-order valence-electron chi connectivity index (χ4n) is 2.74. The van der Waals surface area contributed by atoms with E-state index in [4.69, 9.17) is 4.74 Å². The Labute approximate surface area is 148 Å². The number of amides is 2. The highest BCUT2D eigenvalue weighted by Gasteiger charge is 2.24. The first-order valence-corrected chi connectivity index (χ1v) is 8.33. The largest absolute Gasteiger partial charge is 0.465 e. The van der Waals surface area contributed by atoms with E-state index in [1.54, 1.807) is 41.0 Å². The molecule has 0 atom stereocenters. The second-order valence-corrected chi connectivity index (χ2v) is 6.02. The summed E-state index contributed by atoms with van der Waals surface area (Å²) in [4.78, 5) is 39.8. The summed E-state index contributed by atoms with van der Waals surface area (Å²) in [6, 6.07) is 7.06. The molecule has 0 aromatic heterocycles. The minimum atomic E-state index is -0.400. The topological polar surface area (TPSA) is 66.9 Å². The second-order valence-electron chi connectivity index (χ2n) is 6.02. The Morgan fingerprint density at radius 2 is 2.00 bits per heavy atom. The number of esters is 1. The van der Waals surface area contributed by atoms with Gasteiger partial charge in [-0.2, -0.15) is 0 Å². The fourth-order valence-corrected chi connectivity index (χ4v) is 2.74. The minimum Gasteiger partial charge on any atom is -0.465 e. The molecule has 2 amide bonds. The van der Waals surface area contributed by atoms with Gasteiger partial charge in [-0.25, -0.2) is 4.79 Å². The maximum Gasteiger partial charge on any atom is 0.337 e. The molecule has 6 nitrogen and oxygen atoms in total. The third-order valence-electron chi connectivity index (χ3n) is 4.37. The summed E-state index contributed by atoms with van der Waals surface area (Å²) in [6.45, 7) is 5.44. The number of rotatable bonds is 4. The first-order valence-electron chi connectivity index (χ1n) is 8.33. The van der Waals surface area contributed by atoms with Gasteiger partial charge < -0.3 is 14.5 Å². The predicted molar refractivity (Wildman–Crippen MR) is 93.8 cm³/mol. The highest BCUT2D eigenvalue weighted by atomic mass is 16.5. The molecule has 0 unspecified atom stereocenters. The Balaban J connectivity index is 2.07. The number of hydrogen-bond donors (Lipinski definition) is 0. The third-order valence-corrected chi connectivity index (χ3v) is 4.37. The number of methoxy groups -OCH3 is 1. The van der Waals surface area contributed by atoms with E-state index in [1.165, 1.54) is 7.11 Å². The molecule has 0 N–H and O–H groups in total. The van der Waals surface area contributed by atoms with Crippen LogP contribution in [0.3, 0.4) is 0 Å². The highest BCUT2D eigenvalue weighted by Crippen LogP contribution is 2.14. The van der Waals surface area contributed by atoms with E-state index in [0.29, 0.717) is 43.7 Å². The summed E-state index contributed by atoms with van der Waals surface area (Å²) in [7, 11) is 1.34. The minimum absolute atomic E-state index is 0.0110. The van der Waals surface area contributed by atoms with Gasteiger partial charge in [0.05, 0.1) is 12.7 Å². The van der Waals surface area contributed by atoms with E-state index in [9.17, 15) is 14.4 Å². The monoisotopic (exact) mass is 344 g/mol. The van der Waals surface area contributed by atoms with Gasteiger partial charge in [-0.05, 0) is 31.5 Å². The van der Waals surface area contributed by atoms with Crippen molar-refractivity contribution in [3.8, 4) is 0 Å². The molecule has 1 aliphatic rings. The molecular weight excluding hydrogens is 320 g/mol. The van der Waals surface area contributed by atoms with E-state index in [-0.39, 0.29) is 11.8 Å². The van der Waals surface area contributed by atoms with Crippen LogP contribution in [0.2, 0.25) is 0 Å². The van der Waals surface area contributed by atoms with Gasteiger partial charge in [0.2, 0.25) is 11.8 Å². The van der Waals surface area contributed by atoms with Crippen molar-refractivity contribution >= 4 is 17.8 Å². The van der Waals surface area contributed by atoms with Crippen LogP contribution < -0.4 is 0 Å². The van der Waals surface area contributed by atoms with Gasteiger partial charge in [0, 0.05) is 38.2 Å². The number of benzene rings is 1. The van der Waals surface area contributed by atoms with E-state index in [2.05, 4.69) is 0 Å². The third kappa shape index (κ3) is 4.68. The van der Waals surface area contributed by atoms with Crippen molar-refractivity contribution in [1.82, 2.24) is 9.80 Å². The maximum absolute atomic E-state index is 12.4. The van der Waals surface area contributed by atoms with Crippen LogP contribution in [0.4, 0.5) is 0 Å². The van der Waals surface area contributed by atoms with E-state index in [0.717, 1.165) is 5.56 Å². The molecule has 25 heavy (non-hydrogen) atoms. The van der Waals surface area contributed by atoms with Gasteiger partial charge in [0.25, 0.3) is 0 Å². The molecule has 0 saturated carbocycles. The molecular formula is C19H24N2O4.